The van der Waals surface area contributed by atoms with Crippen molar-refractivity contribution < 1.29 is 38.4 Å². The number of rotatable bonds is 6. The van der Waals surface area contributed by atoms with Gasteiger partial charge >= 0.3 is 11.9 Å². The van der Waals surface area contributed by atoms with Crippen LogP contribution in [0.2, 0.25) is 0 Å². The Labute approximate surface area is 146 Å². The van der Waals surface area contributed by atoms with Gasteiger partial charge in [-0.2, -0.15) is 0 Å². The molecule has 2 atom stereocenters. The molecule has 11 heteroatoms. The lowest BCUT2D eigenvalue weighted by atomic mass is 10.4. The molecule has 2 aliphatic rings. The first-order chi connectivity index (χ1) is 11.7. The first-order valence-corrected chi connectivity index (χ1v) is 8.45. The second-order valence-corrected chi connectivity index (χ2v) is 7.09. The summed E-state index contributed by atoms with van der Waals surface area (Å²) in [5.74, 6) is -4.16. The van der Waals surface area contributed by atoms with E-state index in [-0.39, 0.29) is 25.7 Å². The number of imide groups is 2. The van der Waals surface area contributed by atoms with Gasteiger partial charge in [-0.05, 0) is 13.8 Å². The Hall–Kier alpha value is -2.43. The molecule has 2 fully saturated rings. The van der Waals surface area contributed by atoms with Gasteiger partial charge in [0.1, 0.15) is 10.5 Å². The SMILES string of the molecule is CC(SC(C)C(=O)ON1C(=O)CCC1=O)C(=O)ON1C(=O)CCC1=O. The van der Waals surface area contributed by atoms with Crippen LogP contribution in [0, 0.1) is 0 Å². The van der Waals surface area contributed by atoms with Crippen LogP contribution < -0.4 is 0 Å². The zero-order chi connectivity index (χ0) is 18.7. The summed E-state index contributed by atoms with van der Waals surface area (Å²) in [4.78, 5) is 79.0. The van der Waals surface area contributed by atoms with Crippen LogP contribution in [0.4, 0.5) is 0 Å². The van der Waals surface area contributed by atoms with E-state index in [2.05, 4.69) is 0 Å². The molecule has 2 saturated heterocycles. The van der Waals surface area contributed by atoms with Gasteiger partial charge in [-0.3, -0.25) is 19.2 Å². The lowest BCUT2D eigenvalue weighted by Crippen LogP contribution is -2.37. The highest BCUT2D eigenvalue weighted by Crippen LogP contribution is 2.23. The smallest absolute Gasteiger partial charge is 0.329 e. The molecule has 0 saturated carbocycles. The monoisotopic (exact) mass is 372 g/mol. The van der Waals surface area contributed by atoms with Gasteiger partial charge in [0, 0.05) is 25.7 Å². The maximum Gasteiger partial charge on any atom is 0.345 e. The molecular weight excluding hydrogens is 356 g/mol. The molecule has 0 aromatic heterocycles. The molecule has 2 unspecified atom stereocenters. The molecule has 2 aliphatic heterocycles. The molecule has 0 spiro atoms. The Morgan fingerprint density at radius 2 is 1.04 bits per heavy atom. The van der Waals surface area contributed by atoms with Crippen LogP contribution in [-0.4, -0.2) is 56.2 Å². The summed E-state index contributed by atoms with van der Waals surface area (Å²) in [5.41, 5.74) is 0. The minimum absolute atomic E-state index is 0.0196. The Kier molecular flexibility index (Phi) is 5.77. The second-order valence-electron chi connectivity index (χ2n) is 5.40. The van der Waals surface area contributed by atoms with Gasteiger partial charge in [0.25, 0.3) is 23.6 Å². The molecular formula is C14H16N2O8S. The van der Waals surface area contributed by atoms with Crippen molar-refractivity contribution in [2.24, 2.45) is 0 Å². The largest absolute Gasteiger partial charge is 0.345 e. The molecule has 136 valence electrons. The van der Waals surface area contributed by atoms with Gasteiger partial charge in [0.15, 0.2) is 0 Å². The van der Waals surface area contributed by atoms with Crippen LogP contribution in [0.1, 0.15) is 39.5 Å². The van der Waals surface area contributed by atoms with Gasteiger partial charge in [-0.1, -0.05) is 0 Å². The predicted octanol–water partition coefficient (Wildman–Crippen LogP) is -0.289. The normalized spacial score (nSPS) is 20.1. The molecule has 0 aromatic rings. The van der Waals surface area contributed by atoms with E-state index in [9.17, 15) is 28.8 Å². The zero-order valence-corrected chi connectivity index (χ0v) is 14.4. The minimum Gasteiger partial charge on any atom is -0.329 e. The van der Waals surface area contributed by atoms with Crippen molar-refractivity contribution in [2.75, 3.05) is 0 Å². The van der Waals surface area contributed by atoms with Gasteiger partial charge in [-0.25, -0.2) is 9.59 Å². The summed E-state index contributed by atoms with van der Waals surface area (Å²) >= 11 is 0.840. The van der Waals surface area contributed by atoms with Crippen LogP contribution >= 0.6 is 11.8 Å². The standard InChI is InChI=1S/C14H16N2O8S/c1-7(13(21)23-15-9(17)3-4-10(15)18)25-8(2)14(22)24-16-11(19)5-6-12(16)20/h7-8H,3-6H2,1-2H3. The summed E-state index contributed by atoms with van der Waals surface area (Å²) in [6.07, 6.45) is -0.0783. The highest BCUT2D eigenvalue weighted by Gasteiger charge is 2.37. The molecule has 2 rings (SSSR count). The van der Waals surface area contributed by atoms with E-state index in [1.807, 2.05) is 0 Å². The molecule has 10 nitrogen and oxygen atoms in total. The van der Waals surface area contributed by atoms with Gasteiger partial charge < -0.3 is 9.68 Å². The van der Waals surface area contributed by atoms with E-state index in [0.29, 0.717) is 10.1 Å². The lowest BCUT2D eigenvalue weighted by molar-refractivity contribution is -0.197. The van der Waals surface area contributed by atoms with Crippen molar-refractivity contribution >= 4 is 47.3 Å². The highest BCUT2D eigenvalue weighted by atomic mass is 32.2. The number of hydroxylamine groups is 4. The summed E-state index contributed by atoms with van der Waals surface area (Å²) in [6.45, 7) is 2.85. The van der Waals surface area contributed by atoms with Gasteiger partial charge in [-0.15, -0.1) is 21.9 Å². The van der Waals surface area contributed by atoms with Crippen LogP contribution in [0.15, 0.2) is 0 Å². The number of hydrogen-bond acceptors (Lipinski definition) is 9. The van der Waals surface area contributed by atoms with E-state index in [0.717, 1.165) is 11.8 Å². The predicted molar refractivity (Wildman–Crippen MR) is 80.9 cm³/mol. The van der Waals surface area contributed by atoms with Gasteiger partial charge in [0.05, 0.1) is 0 Å². The van der Waals surface area contributed by atoms with Crippen molar-refractivity contribution in [3.8, 4) is 0 Å². The van der Waals surface area contributed by atoms with Crippen LogP contribution in [0.25, 0.3) is 0 Å². The number of hydrogen-bond donors (Lipinski definition) is 0. The van der Waals surface area contributed by atoms with Crippen LogP contribution in [0.3, 0.4) is 0 Å². The van der Waals surface area contributed by atoms with Crippen molar-refractivity contribution in [3.05, 3.63) is 0 Å². The molecule has 0 aliphatic carbocycles. The Bertz CT molecular complexity index is 563. The Balaban J connectivity index is 1.85. The second kappa shape index (κ2) is 7.64. The first kappa shape index (κ1) is 18.9. The Morgan fingerprint density at radius 3 is 1.32 bits per heavy atom. The third-order valence-corrected chi connectivity index (χ3v) is 4.65. The van der Waals surface area contributed by atoms with Crippen molar-refractivity contribution in [1.82, 2.24) is 10.1 Å². The zero-order valence-electron chi connectivity index (χ0n) is 13.6. The van der Waals surface area contributed by atoms with Gasteiger partial charge in [0.2, 0.25) is 0 Å². The summed E-state index contributed by atoms with van der Waals surface area (Å²) in [7, 11) is 0. The average molecular weight is 372 g/mol. The fourth-order valence-corrected chi connectivity index (χ4v) is 2.98. The quantitative estimate of drug-likeness (QED) is 0.578. The number of carbonyl (C=O) groups is 6. The average Bonchev–Trinajstić information content (AvgIpc) is 3.04. The third-order valence-electron chi connectivity index (χ3n) is 3.45. The van der Waals surface area contributed by atoms with E-state index in [4.69, 9.17) is 9.68 Å². The highest BCUT2D eigenvalue weighted by molar-refractivity contribution is 8.01. The van der Waals surface area contributed by atoms with E-state index in [1.54, 1.807) is 0 Å². The third kappa shape index (κ3) is 4.35. The number of carbonyl (C=O) groups excluding carboxylic acids is 6. The topological polar surface area (TPSA) is 127 Å². The van der Waals surface area contributed by atoms with E-state index < -0.39 is 46.1 Å². The maximum atomic E-state index is 11.9. The van der Waals surface area contributed by atoms with E-state index in [1.165, 1.54) is 13.8 Å². The molecule has 0 aromatic carbocycles. The summed E-state index contributed by atoms with van der Waals surface area (Å²) in [6, 6.07) is 0. The molecule has 0 radical (unpaired) electrons. The number of thioether (sulfide) groups is 1. The fourth-order valence-electron chi connectivity index (χ4n) is 2.06. The summed E-state index contributed by atoms with van der Waals surface area (Å²) in [5, 5.41) is -0.948. The molecule has 0 bridgehead atoms. The lowest BCUT2D eigenvalue weighted by Gasteiger charge is -2.19. The summed E-state index contributed by atoms with van der Waals surface area (Å²) < 4.78 is 0. The Morgan fingerprint density at radius 1 is 0.760 bits per heavy atom. The minimum atomic E-state index is -0.895. The maximum absolute atomic E-state index is 11.9. The molecule has 0 N–H and O–H groups in total. The molecule has 25 heavy (non-hydrogen) atoms. The number of nitrogens with zero attached hydrogens (tertiary/aromatic N) is 2. The molecule has 2 heterocycles. The van der Waals surface area contributed by atoms with E-state index >= 15 is 0 Å². The van der Waals surface area contributed by atoms with Crippen molar-refractivity contribution in [1.29, 1.82) is 0 Å². The van der Waals surface area contributed by atoms with Crippen LogP contribution in [0.5, 0.6) is 0 Å². The van der Waals surface area contributed by atoms with Crippen molar-refractivity contribution in [3.63, 3.8) is 0 Å². The van der Waals surface area contributed by atoms with Crippen molar-refractivity contribution in [2.45, 2.75) is 50.0 Å². The fraction of sp³-hybridized carbons (Fsp3) is 0.571. The molecule has 4 amide bonds. The number of amides is 4. The first-order valence-electron chi connectivity index (χ1n) is 7.51. The van der Waals surface area contributed by atoms with Crippen LogP contribution in [-0.2, 0) is 38.4 Å².